The van der Waals surface area contributed by atoms with Gasteiger partial charge < -0.3 is 14.4 Å². The summed E-state index contributed by atoms with van der Waals surface area (Å²) in [6, 6.07) is 9.55. The second-order valence-corrected chi connectivity index (χ2v) is 8.24. The number of nitrogens with zero attached hydrogens (tertiary/aromatic N) is 3. The van der Waals surface area contributed by atoms with Gasteiger partial charge in [-0.3, -0.25) is 9.78 Å². The lowest BCUT2D eigenvalue weighted by Gasteiger charge is -2.30. The summed E-state index contributed by atoms with van der Waals surface area (Å²) in [5.41, 5.74) is 2.98. The van der Waals surface area contributed by atoms with E-state index in [9.17, 15) is 4.79 Å². The fraction of sp³-hybridized carbons (Fsp3) is 0.292. The Balaban J connectivity index is 1.34. The van der Waals surface area contributed by atoms with Crippen LogP contribution in [0, 0.1) is 0 Å². The number of hydrogen-bond acceptors (Lipinski definition) is 6. The molecular weight excluding hydrogens is 410 g/mol. The highest BCUT2D eigenvalue weighted by Crippen LogP contribution is 2.33. The number of carbonyl (C=O) groups is 1. The van der Waals surface area contributed by atoms with E-state index in [-0.39, 0.29) is 5.91 Å². The van der Waals surface area contributed by atoms with Crippen molar-refractivity contribution in [2.75, 3.05) is 27.3 Å². The summed E-state index contributed by atoms with van der Waals surface area (Å²) >= 11 is 1.70. The highest BCUT2D eigenvalue weighted by Gasteiger charge is 2.25. The second-order valence-electron chi connectivity index (χ2n) is 7.35. The van der Waals surface area contributed by atoms with E-state index in [1.54, 1.807) is 44.0 Å². The lowest BCUT2D eigenvalue weighted by atomic mass is 9.97. The summed E-state index contributed by atoms with van der Waals surface area (Å²) < 4.78 is 10.6. The molecule has 2 aromatic heterocycles. The average molecular weight is 436 g/mol. The summed E-state index contributed by atoms with van der Waals surface area (Å²) in [5, 5.41) is 3.26. The Hall–Kier alpha value is -3.19. The van der Waals surface area contributed by atoms with Crippen molar-refractivity contribution in [3.8, 4) is 22.8 Å². The van der Waals surface area contributed by atoms with Gasteiger partial charge in [0, 0.05) is 48.4 Å². The predicted molar refractivity (Wildman–Crippen MR) is 122 cm³/mol. The quantitative estimate of drug-likeness (QED) is 0.528. The molecule has 3 heterocycles. The Bertz CT molecular complexity index is 1060. The van der Waals surface area contributed by atoms with Gasteiger partial charge in [-0.25, -0.2) is 4.98 Å². The van der Waals surface area contributed by atoms with Gasteiger partial charge in [0.1, 0.15) is 0 Å². The van der Waals surface area contributed by atoms with Gasteiger partial charge in [0.2, 0.25) is 5.91 Å². The van der Waals surface area contributed by atoms with Crippen molar-refractivity contribution < 1.29 is 14.3 Å². The van der Waals surface area contributed by atoms with Crippen molar-refractivity contribution in [3.63, 3.8) is 0 Å². The number of hydrogen-bond donors (Lipinski definition) is 0. The minimum absolute atomic E-state index is 0.0323. The molecule has 4 rings (SSSR count). The van der Waals surface area contributed by atoms with Gasteiger partial charge in [-0.1, -0.05) is 6.07 Å². The predicted octanol–water partition coefficient (Wildman–Crippen LogP) is 4.64. The number of carbonyl (C=O) groups excluding carboxylic acids is 1. The maximum Gasteiger partial charge on any atom is 0.246 e. The number of likely N-dealkylation sites (tertiary alicyclic amines) is 1. The molecule has 0 N–H and O–H groups in total. The molecule has 1 fully saturated rings. The first-order valence-electron chi connectivity index (χ1n) is 10.2. The topological polar surface area (TPSA) is 64.5 Å². The van der Waals surface area contributed by atoms with Crippen molar-refractivity contribution in [2.45, 2.75) is 18.8 Å². The number of aromatic nitrogens is 2. The van der Waals surface area contributed by atoms with Crippen LogP contribution in [0.4, 0.5) is 0 Å². The highest BCUT2D eigenvalue weighted by molar-refractivity contribution is 7.10. The van der Waals surface area contributed by atoms with Crippen molar-refractivity contribution in [1.82, 2.24) is 14.9 Å². The molecule has 0 unspecified atom stereocenters. The van der Waals surface area contributed by atoms with Crippen LogP contribution >= 0.6 is 11.3 Å². The summed E-state index contributed by atoms with van der Waals surface area (Å²) in [5.74, 6) is 1.75. The fourth-order valence-electron chi connectivity index (χ4n) is 3.71. The van der Waals surface area contributed by atoms with E-state index in [1.165, 1.54) is 0 Å². The molecule has 7 heteroatoms. The SMILES string of the molecule is COc1ccc(/C=C/C(=O)N2CCC(c3nc(-c4ccncc4)cs3)CC2)cc1OC. The third-order valence-electron chi connectivity index (χ3n) is 5.48. The van der Waals surface area contributed by atoms with Crippen LogP contribution in [0.2, 0.25) is 0 Å². The molecule has 0 bridgehead atoms. The van der Waals surface area contributed by atoms with Crippen LogP contribution in [-0.2, 0) is 4.79 Å². The molecule has 3 aromatic rings. The van der Waals surface area contributed by atoms with Crippen LogP contribution in [0.25, 0.3) is 17.3 Å². The van der Waals surface area contributed by atoms with Crippen LogP contribution in [0.15, 0.2) is 54.2 Å². The maximum absolute atomic E-state index is 12.6. The minimum Gasteiger partial charge on any atom is -0.493 e. The van der Waals surface area contributed by atoms with Crippen molar-refractivity contribution >= 4 is 23.3 Å². The molecule has 1 saturated heterocycles. The van der Waals surface area contributed by atoms with Crippen LogP contribution in [-0.4, -0.2) is 48.1 Å². The molecule has 1 aliphatic heterocycles. The van der Waals surface area contributed by atoms with Crippen LogP contribution in [0.5, 0.6) is 11.5 Å². The summed E-state index contributed by atoms with van der Waals surface area (Å²) in [7, 11) is 3.20. The molecule has 160 valence electrons. The summed E-state index contributed by atoms with van der Waals surface area (Å²) in [4.78, 5) is 23.4. The third kappa shape index (κ3) is 4.94. The van der Waals surface area contributed by atoms with Crippen LogP contribution in [0.1, 0.15) is 29.3 Å². The number of pyridine rings is 1. The van der Waals surface area contributed by atoms with E-state index < -0.39 is 0 Å². The standard InChI is InChI=1S/C24H25N3O3S/c1-29-21-5-3-17(15-22(21)30-2)4-6-23(28)27-13-9-19(10-14-27)24-26-20(16-31-24)18-7-11-25-12-8-18/h3-8,11-12,15-16,19H,9-10,13-14H2,1-2H3/b6-4+. The van der Waals surface area contributed by atoms with Gasteiger partial charge in [-0.2, -0.15) is 0 Å². The molecule has 6 nitrogen and oxygen atoms in total. The molecule has 1 aromatic carbocycles. The monoisotopic (exact) mass is 435 g/mol. The Morgan fingerprint density at radius 1 is 1.10 bits per heavy atom. The summed E-state index contributed by atoms with van der Waals surface area (Å²) in [6.07, 6.45) is 8.88. The number of rotatable bonds is 6. The first kappa shape index (κ1) is 21.1. The highest BCUT2D eigenvalue weighted by atomic mass is 32.1. The second kappa shape index (κ2) is 9.75. The Morgan fingerprint density at radius 3 is 2.55 bits per heavy atom. The molecule has 1 aliphatic rings. The van der Waals surface area contributed by atoms with E-state index >= 15 is 0 Å². The first-order valence-corrected chi connectivity index (χ1v) is 11.1. The number of piperidine rings is 1. The normalized spacial score (nSPS) is 14.7. The van der Waals surface area contributed by atoms with Gasteiger partial charge >= 0.3 is 0 Å². The fourth-order valence-corrected chi connectivity index (χ4v) is 4.71. The maximum atomic E-state index is 12.6. The van der Waals surface area contributed by atoms with Crippen molar-refractivity contribution in [1.29, 1.82) is 0 Å². The van der Waals surface area contributed by atoms with Crippen molar-refractivity contribution in [3.05, 3.63) is 64.8 Å². The third-order valence-corrected chi connectivity index (χ3v) is 6.49. The van der Waals surface area contributed by atoms with Crippen LogP contribution < -0.4 is 9.47 Å². The smallest absolute Gasteiger partial charge is 0.246 e. The van der Waals surface area contributed by atoms with Gasteiger partial charge in [0.25, 0.3) is 0 Å². The molecule has 0 aliphatic carbocycles. The molecule has 0 atom stereocenters. The molecule has 31 heavy (non-hydrogen) atoms. The zero-order valence-corrected chi connectivity index (χ0v) is 18.5. The molecule has 0 saturated carbocycles. The Morgan fingerprint density at radius 2 is 1.84 bits per heavy atom. The largest absolute Gasteiger partial charge is 0.493 e. The lowest BCUT2D eigenvalue weighted by molar-refractivity contribution is -0.126. The van der Waals surface area contributed by atoms with E-state index in [0.717, 1.165) is 47.8 Å². The summed E-state index contributed by atoms with van der Waals surface area (Å²) in [6.45, 7) is 1.48. The van der Waals surface area contributed by atoms with E-state index in [4.69, 9.17) is 14.5 Å². The minimum atomic E-state index is 0.0323. The molecular formula is C24H25N3O3S. The molecule has 1 amide bonds. The number of benzene rings is 1. The van der Waals surface area contributed by atoms with Gasteiger partial charge in [0.05, 0.1) is 24.9 Å². The van der Waals surface area contributed by atoms with E-state index in [0.29, 0.717) is 17.4 Å². The number of thiazole rings is 1. The zero-order valence-electron chi connectivity index (χ0n) is 17.7. The van der Waals surface area contributed by atoms with Gasteiger partial charge in [-0.15, -0.1) is 11.3 Å². The van der Waals surface area contributed by atoms with Crippen LogP contribution in [0.3, 0.4) is 0 Å². The Kier molecular flexibility index (Phi) is 6.62. The van der Waals surface area contributed by atoms with Gasteiger partial charge in [0.15, 0.2) is 11.5 Å². The first-order chi connectivity index (χ1) is 15.2. The Labute approximate surface area is 186 Å². The molecule has 0 spiro atoms. The average Bonchev–Trinajstić information content (AvgIpc) is 3.33. The van der Waals surface area contributed by atoms with E-state index in [1.807, 2.05) is 41.3 Å². The zero-order chi connectivity index (χ0) is 21.6. The molecule has 0 radical (unpaired) electrons. The number of ether oxygens (including phenoxy) is 2. The van der Waals surface area contributed by atoms with Gasteiger partial charge in [-0.05, 0) is 48.7 Å². The van der Waals surface area contributed by atoms with E-state index in [2.05, 4.69) is 10.4 Å². The lowest BCUT2D eigenvalue weighted by Crippen LogP contribution is -2.36. The number of amides is 1. The van der Waals surface area contributed by atoms with Crippen molar-refractivity contribution in [2.24, 2.45) is 0 Å². The number of methoxy groups -OCH3 is 2.